The van der Waals surface area contributed by atoms with Gasteiger partial charge in [0.1, 0.15) is 17.9 Å². The molecule has 0 aliphatic carbocycles. The van der Waals surface area contributed by atoms with E-state index in [1.54, 1.807) is 37.3 Å². The molecule has 178 valence electrons. The van der Waals surface area contributed by atoms with Gasteiger partial charge >= 0.3 is 6.03 Å². The average molecular weight is 686 g/mol. The van der Waals surface area contributed by atoms with Gasteiger partial charge in [-0.15, -0.1) is 0 Å². The minimum atomic E-state index is -0.837. The second-order valence-corrected chi connectivity index (χ2v) is 10.4. The number of hydrogen-bond acceptors (Lipinski definition) is 4. The number of amides is 4. The smallest absolute Gasteiger partial charge is 0.335 e. The van der Waals surface area contributed by atoms with Crippen LogP contribution in [0.2, 0.25) is 10.0 Å². The van der Waals surface area contributed by atoms with E-state index in [9.17, 15) is 14.4 Å². The van der Waals surface area contributed by atoms with Crippen LogP contribution in [0.5, 0.6) is 5.75 Å². The third-order valence-electron chi connectivity index (χ3n) is 5.18. The molecule has 1 saturated heterocycles. The van der Waals surface area contributed by atoms with Crippen LogP contribution in [0.1, 0.15) is 16.7 Å². The molecule has 1 N–H and O–H groups in total. The monoisotopic (exact) mass is 684 g/mol. The Bertz CT molecular complexity index is 1390. The molecular weight excluding hydrogens is 670 g/mol. The average Bonchev–Trinajstić information content (AvgIpc) is 2.79. The van der Waals surface area contributed by atoms with Crippen LogP contribution in [0.25, 0.3) is 6.08 Å². The van der Waals surface area contributed by atoms with Crippen molar-refractivity contribution in [2.24, 2.45) is 0 Å². The van der Waals surface area contributed by atoms with E-state index in [0.717, 1.165) is 19.6 Å². The molecule has 3 aromatic carbocycles. The summed E-state index contributed by atoms with van der Waals surface area (Å²) in [5.41, 5.74) is 2.28. The summed E-state index contributed by atoms with van der Waals surface area (Å²) in [5, 5.41) is 3.22. The van der Waals surface area contributed by atoms with Crippen LogP contribution < -0.4 is 15.0 Å². The van der Waals surface area contributed by atoms with Gasteiger partial charge in [-0.05, 0) is 93.0 Å². The van der Waals surface area contributed by atoms with E-state index in [4.69, 9.17) is 27.9 Å². The van der Waals surface area contributed by atoms with E-state index in [2.05, 4.69) is 43.8 Å². The molecule has 0 unspecified atom stereocenters. The number of carbonyl (C=O) groups is 3. The quantitative estimate of drug-likeness (QED) is 0.180. The Labute approximate surface area is 233 Å². The van der Waals surface area contributed by atoms with Crippen LogP contribution >= 0.6 is 61.7 Å². The fourth-order valence-electron chi connectivity index (χ4n) is 3.35. The summed E-state index contributed by atoms with van der Waals surface area (Å²) in [4.78, 5) is 39.0. The number of urea groups is 1. The zero-order chi connectivity index (χ0) is 25.3. The van der Waals surface area contributed by atoms with E-state index in [0.29, 0.717) is 25.8 Å². The van der Waals surface area contributed by atoms with E-state index in [1.165, 1.54) is 12.1 Å². The normalized spacial score (nSPS) is 14.9. The summed E-state index contributed by atoms with van der Waals surface area (Å²) in [6.45, 7) is 2.08. The molecular formula is C25H16BrCl2IN2O4. The topological polar surface area (TPSA) is 75.7 Å². The van der Waals surface area contributed by atoms with Gasteiger partial charge in [0.15, 0.2) is 0 Å². The summed E-state index contributed by atoms with van der Waals surface area (Å²) < 4.78 is 7.34. The molecule has 1 aliphatic heterocycles. The first kappa shape index (κ1) is 25.7. The van der Waals surface area contributed by atoms with Crippen LogP contribution in [0.15, 0.2) is 64.6 Å². The van der Waals surface area contributed by atoms with Gasteiger partial charge < -0.3 is 4.74 Å². The van der Waals surface area contributed by atoms with Crippen molar-refractivity contribution in [2.45, 2.75) is 13.5 Å². The number of imide groups is 2. The van der Waals surface area contributed by atoms with Crippen molar-refractivity contribution in [3.63, 3.8) is 0 Å². The highest BCUT2D eigenvalue weighted by Crippen LogP contribution is 2.34. The standard InChI is InChI=1S/C25H16BrCl2IN2O4/c1-13-6-7-16(11-20(13)28)31-24(33)17(23(32)30-25(31)34)8-14-9-18(26)22(21(29)10-14)35-12-15-4-2-3-5-19(15)27/h2-11H,12H2,1H3,(H,30,32,34)/b17-8-. The van der Waals surface area contributed by atoms with E-state index in [-0.39, 0.29) is 17.9 Å². The summed E-state index contributed by atoms with van der Waals surface area (Å²) in [6, 6.07) is 14.8. The first-order valence-electron chi connectivity index (χ1n) is 10.2. The largest absolute Gasteiger partial charge is 0.487 e. The molecule has 4 amide bonds. The predicted octanol–water partition coefficient (Wildman–Crippen LogP) is 6.91. The number of nitrogens with one attached hydrogen (secondary N) is 1. The highest BCUT2D eigenvalue weighted by atomic mass is 127. The minimum Gasteiger partial charge on any atom is -0.487 e. The molecule has 6 nitrogen and oxygen atoms in total. The van der Waals surface area contributed by atoms with Crippen LogP contribution in [0.3, 0.4) is 0 Å². The lowest BCUT2D eigenvalue weighted by Gasteiger charge is -2.26. The maximum absolute atomic E-state index is 13.2. The molecule has 0 radical (unpaired) electrons. The molecule has 1 aliphatic rings. The lowest BCUT2D eigenvalue weighted by atomic mass is 10.1. The Morgan fingerprint density at radius 2 is 1.80 bits per heavy atom. The summed E-state index contributed by atoms with van der Waals surface area (Å²) in [6.07, 6.45) is 1.43. The second-order valence-electron chi connectivity index (χ2n) is 7.59. The molecule has 0 spiro atoms. The number of benzene rings is 3. The number of halogens is 4. The van der Waals surface area contributed by atoms with E-state index in [1.807, 2.05) is 18.2 Å². The molecule has 0 bridgehead atoms. The van der Waals surface area contributed by atoms with Crippen molar-refractivity contribution in [2.75, 3.05) is 4.90 Å². The zero-order valence-corrected chi connectivity index (χ0v) is 23.3. The van der Waals surface area contributed by atoms with E-state index < -0.39 is 17.8 Å². The van der Waals surface area contributed by atoms with Crippen LogP contribution in [-0.4, -0.2) is 17.8 Å². The van der Waals surface area contributed by atoms with Crippen LogP contribution in [0.4, 0.5) is 10.5 Å². The maximum atomic E-state index is 13.2. The van der Waals surface area contributed by atoms with Crippen molar-refractivity contribution >= 4 is 91.3 Å². The van der Waals surface area contributed by atoms with Gasteiger partial charge in [-0.3, -0.25) is 14.9 Å². The van der Waals surface area contributed by atoms with Gasteiger partial charge in [-0.25, -0.2) is 9.69 Å². The van der Waals surface area contributed by atoms with Crippen LogP contribution in [0, 0.1) is 10.5 Å². The van der Waals surface area contributed by atoms with Gasteiger partial charge in [-0.2, -0.15) is 0 Å². The van der Waals surface area contributed by atoms with E-state index >= 15 is 0 Å². The van der Waals surface area contributed by atoms with Crippen molar-refractivity contribution in [3.8, 4) is 5.75 Å². The number of rotatable bonds is 5. The number of carbonyl (C=O) groups excluding carboxylic acids is 3. The molecule has 1 heterocycles. The molecule has 0 atom stereocenters. The number of hydrogen-bond donors (Lipinski definition) is 1. The van der Waals surface area contributed by atoms with Crippen molar-refractivity contribution in [1.29, 1.82) is 0 Å². The Morgan fingerprint density at radius 1 is 1.06 bits per heavy atom. The Kier molecular flexibility index (Phi) is 7.85. The number of ether oxygens (including phenoxy) is 1. The fraction of sp³-hybridized carbons (Fsp3) is 0.0800. The lowest BCUT2D eigenvalue weighted by molar-refractivity contribution is -0.122. The second kappa shape index (κ2) is 10.7. The summed E-state index contributed by atoms with van der Waals surface area (Å²) >= 11 is 18.0. The predicted molar refractivity (Wildman–Crippen MR) is 148 cm³/mol. The lowest BCUT2D eigenvalue weighted by Crippen LogP contribution is -2.54. The highest BCUT2D eigenvalue weighted by Gasteiger charge is 2.37. The fourth-order valence-corrected chi connectivity index (χ4v) is 5.48. The third-order valence-corrected chi connectivity index (χ3v) is 7.34. The van der Waals surface area contributed by atoms with Gasteiger partial charge in [0, 0.05) is 15.6 Å². The van der Waals surface area contributed by atoms with Crippen molar-refractivity contribution < 1.29 is 19.1 Å². The number of aryl methyl sites for hydroxylation is 1. The summed E-state index contributed by atoms with van der Waals surface area (Å²) in [5.74, 6) is -0.929. The Hall–Kier alpha value is -2.40. The number of nitrogens with zero attached hydrogens (tertiary/aromatic N) is 1. The molecule has 0 saturated carbocycles. The van der Waals surface area contributed by atoms with Crippen LogP contribution in [-0.2, 0) is 16.2 Å². The molecule has 10 heteroatoms. The molecule has 0 aromatic heterocycles. The molecule has 4 rings (SSSR count). The van der Waals surface area contributed by atoms with Crippen molar-refractivity contribution in [3.05, 3.63) is 94.9 Å². The van der Waals surface area contributed by atoms with Gasteiger partial charge in [-0.1, -0.05) is 47.5 Å². The molecule has 35 heavy (non-hydrogen) atoms. The zero-order valence-electron chi connectivity index (χ0n) is 18.1. The third kappa shape index (κ3) is 5.55. The molecule has 3 aromatic rings. The van der Waals surface area contributed by atoms with Crippen molar-refractivity contribution in [1.82, 2.24) is 5.32 Å². The first-order chi connectivity index (χ1) is 16.7. The number of barbiturate groups is 1. The van der Waals surface area contributed by atoms with Gasteiger partial charge in [0.2, 0.25) is 0 Å². The first-order valence-corrected chi connectivity index (χ1v) is 12.8. The Morgan fingerprint density at radius 3 is 2.49 bits per heavy atom. The SMILES string of the molecule is Cc1ccc(N2C(=O)NC(=O)/C(=C/c3cc(Br)c(OCc4ccccc4Cl)c(I)c3)C2=O)cc1Cl. The summed E-state index contributed by atoms with van der Waals surface area (Å²) in [7, 11) is 0. The van der Waals surface area contributed by atoms with Gasteiger partial charge in [0.25, 0.3) is 11.8 Å². The molecule has 1 fully saturated rings. The Balaban J connectivity index is 1.62. The highest BCUT2D eigenvalue weighted by molar-refractivity contribution is 14.1. The van der Waals surface area contributed by atoms with Gasteiger partial charge in [0.05, 0.1) is 13.7 Å². The number of anilines is 1. The maximum Gasteiger partial charge on any atom is 0.335 e. The minimum absolute atomic E-state index is 0.186.